The van der Waals surface area contributed by atoms with Gasteiger partial charge in [-0.05, 0) is 31.8 Å². The second-order valence-electron chi connectivity index (χ2n) is 5.72. The zero-order valence-corrected chi connectivity index (χ0v) is 18.4. The Morgan fingerprint density at radius 2 is 1.44 bits per heavy atom. The summed E-state index contributed by atoms with van der Waals surface area (Å²) in [4.78, 5) is 21.2. The molecule has 0 radical (unpaired) electrons. The summed E-state index contributed by atoms with van der Waals surface area (Å²) in [5.41, 5.74) is 0. The summed E-state index contributed by atoms with van der Waals surface area (Å²) in [6, 6.07) is 0. The van der Waals surface area contributed by atoms with Crippen molar-refractivity contribution in [2.24, 2.45) is 0 Å². The van der Waals surface area contributed by atoms with Gasteiger partial charge >= 0.3 is 35.5 Å². The molecule has 0 fully saturated rings. The van der Waals surface area contributed by atoms with E-state index in [0.29, 0.717) is 6.61 Å². The summed E-state index contributed by atoms with van der Waals surface area (Å²) < 4.78 is 4.75. The first-order valence-corrected chi connectivity index (χ1v) is 9.23. The molecule has 0 rings (SSSR count). The van der Waals surface area contributed by atoms with Crippen molar-refractivity contribution in [1.29, 1.82) is 0 Å². The molecule has 6 heteroatoms. The summed E-state index contributed by atoms with van der Waals surface area (Å²) in [5.74, 6) is -1.76. The molecule has 0 bridgehead atoms. The summed E-state index contributed by atoms with van der Waals surface area (Å²) in [7, 11) is 0. The van der Waals surface area contributed by atoms with Crippen molar-refractivity contribution < 1.29 is 54.1 Å². The van der Waals surface area contributed by atoms with Gasteiger partial charge in [0.25, 0.3) is 0 Å². The molecule has 5 nitrogen and oxygen atoms in total. The summed E-state index contributed by atoms with van der Waals surface area (Å²) in [5, 5.41) is 18.0. The SMILES string of the molecule is CCCCCCCCCCC=COC(=O)CCC(=O)[O-].CCCO.[Na+]. The van der Waals surface area contributed by atoms with Crippen LogP contribution < -0.4 is 34.7 Å². The summed E-state index contributed by atoms with van der Waals surface area (Å²) in [6.07, 6.45) is 14.7. The summed E-state index contributed by atoms with van der Waals surface area (Å²) in [6.45, 7) is 4.47. The molecule has 0 unspecified atom stereocenters. The first-order valence-electron chi connectivity index (χ1n) is 9.23. The minimum absolute atomic E-state index is 0. The second-order valence-corrected chi connectivity index (χ2v) is 5.72. The Morgan fingerprint density at radius 1 is 0.920 bits per heavy atom. The van der Waals surface area contributed by atoms with Crippen LogP contribution in [0.4, 0.5) is 0 Å². The molecule has 142 valence electrons. The third-order valence-electron chi connectivity index (χ3n) is 3.28. The van der Waals surface area contributed by atoms with E-state index in [1.165, 1.54) is 51.2 Å². The van der Waals surface area contributed by atoms with Gasteiger partial charge in [0.1, 0.15) is 0 Å². The zero-order chi connectivity index (χ0) is 18.5. The molecule has 0 saturated carbocycles. The average molecular weight is 366 g/mol. The molecule has 0 heterocycles. The molecule has 0 aromatic carbocycles. The average Bonchev–Trinajstić information content (AvgIpc) is 2.58. The number of carbonyl (C=O) groups excluding carboxylic acids is 2. The van der Waals surface area contributed by atoms with Gasteiger partial charge in [0.05, 0.1) is 12.7 Å². The van der Waals surface area contributed by atoms with Crippen molar-refractivity contribution in [3.8, 4) is 0 Å². The number of hydrogen-bond acceptors (Lipinski definition) is 5. The van der Waals surface area contributed by atoms with E-state index in [1.54, 1.807) is 0 Å². The monoisotopic (exact) mass is 366 g/mol. The molecule has 0 aliphatic heterocycles. The van der Waals surface area contributed by atoms with E-state index < -0.39 is 11.9 Å². The molecule has 0 saturated heterocycles. The number of allylic oxidation sites excluding steroid dienone is 1. The van der Waals surface area contributed by atoms with Gasteiger partial charge in [-0.1, -0.05) is 58.8 Å². The van der Waals surface area contributed by atoms with Gasteiger partial charge in [0.15, 0.2) is 0 Å². The van der Waals surface area contributed by atoms with Gasteiger partial charge in [0, 0.05) is 12.6 Å². The number of hydrogen-bond donors (Lipinski definition) is 1. The van der Waals surface area contributed by atoms with Crippen molar-refractivity contribution in [2.75, 3.05) is 6.61 Å². The molecule has 1 N–H and O–H groups in total. The molecule has 0 aromatic rings. The van der Waals surface area contributed by atoms with Crippen LogP contribution in [0.2, 0.25) is 0 Å². The quantitative estimate of drug-likeness (QED) is 0.209. The van der Waals surface area contributed by atoms with Crippen LogP contribution in [0, 0.1) is 0 Å². The van der Waals surface area contributed by atoms with E-state index in [9.17, 15) is 14.7 Å². The van der Waals surface area contributed by atoms with Crippen molar-refractivity contribution in [1.82, 2.24) is 0 Å². The molecule has 0 aliphatic carbocycles. The van der Waals surface area contributed by atoms with Crippen LogP contribution >= 0.6 is 0 Å². The fourth-order valence-corrected chi connectivity index (χ4v) is 1.85. The smallest absolute Gasteiger partial charge is 0.550 e. The molecular weight excluding hydrogens is 331 g/mol. The Labute approximate surface area is 175 Å². The van der Waals surface area contributed by atoms with Gasteiger partial charge in [-0.3, -0.25) is 4.79 Å². The topological polar surface area (TPSA) is 86.7 Å². The Kier molecular flexibility index (Phi) is 30.4. The number of aliphatic hydroxyl groups excluding tert-OH is 1. The maximum absolute atomic E-state index is 11.0. The van der Waals surface area contributed by atoms with Crippen LogP contribution in [0.3, 0.4) is 0 Å². The van der Waals surface area contributed by atoms with Crippen LogP contribution in [-0.4, -0.2) is 23.7 Å². The van der Waals surface area contributed by atoms with Crippen molar-refractivity contribution in [2.45, 2.75) is 90.9 Å². The normalized spacial score (nSPS) is 9.88. The third kappa shape index (κ3) is 31.9. The molecule has 0 atom stereocenters. The van der Waals surface area contributed by atoms with E-state index in [4.69, 9.17) is 9.84 Å². The number of carboxylic acid groups (broad SMARTS) is 1. The molecular formula is C19H35NaO5. The first kappa shape index (κ1) is 29.4. The van der Waals surface area contributed by atoms with Crippen molar-refractivity contribution in [3.05, 3.63) is 12.3 Å². The number of aliphatic carboxylic acids is 1. The minimum Gasteiger partial charge on any atom is -0.550 e. The Balaban J connectivity index is -0.000000867. The molecule has 0 spiro atoms. The van der Waals surface area contributed by atoms with E-state index >= 15 is 0 Å². The molecule has 0 amide bonds. The number of carboxylic acids is 1. The Bertz CT molecular complexity index is 317. The summed E-state index contributed by atoms with van der Waals surface area (Å²) >= 11 is 0. The Morgan fingerprint density at radius 3 is 1.92 bits per heavy atom. The maximum atomic E-state index is 11.0. The minimum atomic E-state index is -1.23. The van der Waals surface area contributed by atoms with Gasteiger partial charge in [-0.2, -0.15) is 0 Å². The van der Waals surface area contributed by atoms with Crippen molar-refractivity contribution >= 4 is 11.9 Å². The largest absolute Gasteiger partial charge is 1.00 e. The number of esters is 1. The van der Waals surface area contributed by atoms with Gasteiger partial charge in [-0.25, -0.2) is 0 Å². The van der Waals surface area contributed by atoms with Crippen LogP contribution in [0.5, 0.6) is 0 Å². The van der Waals surface area contributed by atoms with Gasteiger partial charge < -0.3 is 19.7 Å². The van der Waals surface area contributed by atoms with Gasteiger partial charge in [0.2, 0.25) is 0 Å². The van der Waals surface area contributed by atoms with Crippen LogP contribution in [0.1, 0.15) is 90.9 Å². The number of unbranched alkanes of at least 4 members (excludes halogenated alkanes) is 8. The Hall–Kier alpha value is -0.360. The standard InChI is InChI=1S/C16H28O4.C3H8O.Na/c1-2-3-4-5-6-7-8-9-10-11-14-20-16(19)13-12-15(17)18;1-2-3-4;/h11,14H,2-10,12-13H2,1H3,(H,17,18);4H,2-3H2,1H3;/q;;+1/p-1. The van der Waals surface area contributed by atoms with Crippen LogP contribution in [-0.2, 0) is 14.3 Å². The van der Waals surface area contributed by atoms with E-state index in [0.717, 1.165) is 19.3 Å². The fraction of sp³-hybridized carbons (Fsp3) is 0.789. The fourth-order valence-electron chi connectivity index (χ4n) is 1.85. The number of ether oxygens (including phenoxy) is 1. The van der Waals surface area contributed by atoms with Crippen LogP contribution in [0.25, 0.3) is 0 Å². The second kappa shape index (κ2) is 25.9. The number of rotatable bonds is 14. The van der Waals surface area contributed by atoms with E-state index in [1.807, 2.05) is 13.0 Å². The molecule has 0 aromatic heterocycles. The van der Waals surface area contributed by atoms with Crippen LogP contribution in [0.15, 0.2) is 12.3 Å². The number of aliphatic hydroxyl groups is 1. The predicted molar refractivity (Wildman–Crippen MR) is 94.1 cm³/mol. The molecule has 0 aliphatic rings. The third-order valence-corrected chi connectivity index (χ3v) is 3.28. The first-order chi connectivity index (χ1) is 11.6. The maximum Gasteiger partial charge on any atom is 1.00 e. The zero-order valence-electron chi connectivity index (χ0n) is 16.4. The number of carbonyl (C=O) groups is 2. The van der Waals surface area contributed by atoms with E-state index in [2.05, 4.69) is 6.92 Å². The van der Waals surface area contributed by atoms with Crippen molar-refractivity contribution in [3.63, 3.8) is 0 Å². The predicted octanol–water partition coefficient (Wildman–Crippen LogP) is 0.497. The molecule has 25 heavy (non-hydrogen) atoms. The van der Waals surface area contributed by atoms with E-state index in [-0.39, 0.29) is 42.4 Å². The van der Waals surface area contributed by atoms with Gasteiger partial charge in [-0.15, -0.1) is 0 Å².